The van der Waals surface area contributed by atoms with Crippen molar-refractivity contribution < 1.29 is 8.42 Å². The van der Waals surface area contributed by atoms with Gasteiger partial charge in [0.1, 0.15) is 10.7 Å². The Balaban J connectivity index is 1.73. The smallest absolute Gasteiger partial charge is 0.179 e. The van der Waals surface area contributed by atoms with Crippen LogP contribution in [0.15, 0.2) is 47.5 Å². The molecular weight excluding hydrogens is 310 g/mol. The molecule has 0 spiro atoms. The number of nitrogens with zero attached hydrogens (tertiary/aromatic N) is 2. The zero-order valence-electron chi connectivity index (χ0n) is 13.4. The first-order chi connectivity index (χ1) is 11.0. The second kappa shape index (κ2) is 6.20. The molecular formula is C17H21N3O2S. The Morgan fingerprint density at radius 1 is 1.26 bits per heavy atom. The average Bonchev–Trinajstić information content (AvgIpc) is 2.96. The molecule has 6 heteroatoms. The van der Waals surface area contributed by atoms with Gasteiger partial charge in [-0.25, -0.2) is 13.4 Å². The van der Waals surface area contributed by atoms with Gasteiger partial charge in [-0.1, -0.05) is 18.2 Å². The van der Waals surface area contributed by atoms with Crippen LogP contribution in [0.25, 0.3) is 0 Å². The van der Waals surface area contributed by atoms with E-state index in [-0.39, 0.29) is 10.9 Å². The molecule has 0 amide bonds. The third-order valence-electron chi connectivity index (χ3n) is 4.19. The number of hydrogen-bond acceptors (Lipinski definition) is 5. The fourth-order valence-electron chi connectivity index (χ4n) is 3.00. The maximum absolute atomic E-state index is 11.8. The molecule has 1 aliphatic heterocycles. The van der Waals surface area contributed by atoms with Crippen molar-refractivity contribution in [2.75, 3.05) is 29.6 Å². The first-order valence-electron chi connectivity index (χ1n) is 7.70. The molecule has 1 aromatic carbocycles. The van der Waals surface area contributed by atoms with Crippen molar-refractivity contribution in [3.05, 3.63) is 48.2 Å². The van der Waals surface area contributed by atoms with Crippen LogP contribution in [0.2, 0.25) is 0 Å². The number of sulfone groups is 1. The molecule has 2 heterocycles. The van der Waals surface area contributed by atoms with Crippen molar-refractivity contribution >= 4 is 21.3 Å². The van der Waals surface area contributed by atoms with Crippen LogP contribution in [-0.4, -0.2) is 38.8 Å². The van der Waals surface area contributed by atoms with Gasteiger partial charge in [0.05, 0.1) is 0 Å². The summed E-state index contributed by atoms with van der Waals surface area (Å²) < 4.78 is 23.7. The molecule has 1 aliphatic rings. The van der Waals surface area contributed by atoms with Crippen LogP contribution >= 0.6 is 0 Å². The number of fused-ring (bicyclic) bond motifs is 1. The molecule has 1 N–H and O–H groups in total. The third-order valence-corrected chi connectivity index (χ3v) is 5.32. The van der Waals surface area contributed by atoms with Gasteiger partial charge in [-0.2, -0.15) is 0 Å². The van der Waals surface area contributed by atoms with Crippen LogP contribution in [0.3, 0.4) is 0 Å². The predicted molar refractivity (Wildman–Crippen MR) is 92.8 cm³/mol. The maximum atomic E-state index is 11.8. The highest BCUT2D eigenvalue weighted by atomic mass is 32.2. The quantitative estimate of drug-likeness (QED) is 0.911. The zero-order chi connectivity index (χ0) is 16.4. The summed E-state index contributed by atoms with van der Waals surface area (Å²) in [7, 11) is -3.29. The number of pyridine rings is 1. The first kappa shape index (κ1) is 15.8. The molecule has 0 bridgehead atoms. The number of rotatable bonds is 5. The van der Waals surface area contributed by atoms with Gasteiger partial charge in [0.25, 0.3) is 0 Å². The Bertz CT molecular complexity index is 805. The second-order valence-corrected chi connectivity index (χ2v) is 7.91. The van der Waals surface area contributed by atoms with E-state index in [4.69, 9.17) is 0 Å². The van der Waals surface area contributed by atoms with Crippen LogP contribution in [0.4, 0.5) is 11.5 Å². The molecule has 122 valence electrons. The van der Waals surface area contributed by atoms with Crippen molar-refractivity contribution in [3.63, 3.8) is 0 Å². The highest BCUT2D eigenvalue weighted by Crippen LogP contribution is 2.29. The van der Waals surface area contributed by atoms with Crippen LogP contribution in [-0.2, 0) is 16.3 Å². The molecule has 0 aliphatic carbocycles. The highest BCUT2D eigenvalue weighted by Gasteiger charge is 2.23. The number of hydrogen-bond donors (Lipinski definition) is 1. The molecule has 1 atom stereocenters. The van der Waals surface area contributed by atoms with Gasteiger partial charge in [0.15, 0.2) is 9.84 Å². The molecule has 0 radical (unpaired) electrons. The SMILES string of the molecule is CC(CNc1ncccc1S(C)(=O)=O)N1CCc2ccccc21. The van der Waals surface area contributed by atoms with Crippen molar-refractivity contribution in [1.82, 2.24) is 4.98 Å². The van der Waals surface area contributed by atoms with Crippen molar-refractivity contribution in [3.8, 4) is 0 Å². The molecule has 0 saturated carbocycles. The van der Waals surface area contributed by atoms with Crippen LogP contribution in [0, 0.1) is 0 Å². The molecule has 1 aromatic heterocycles. The lowest BCUT2D eigenvalue weighted by molar-refractivity contribution is 0.601. The van der Waals surface area contributed by atoms with Crippen LogP contribution in [0.1, 0.15) is 12.5 Å². The summed E-state index contributed by atoms with van der Waals surface area (Å²) in [5, 5.41) is 3.20. The fourth-order valence-corrected chi connectivity index (χ4v) is 3.80. The topological polar surface area (TPSA) is 62.3 Å². The summed E-state index contributed by atoms with van der Waals surface area (Å²) in [6.45, 7) is 3.76. The lowest BCUT2D eigenvalue weighted by atomic mass is 10.2. The van der Waals surface area contributed by atoms with E-state index in [2.05, 4.69) is 46.4 Å². The van der Waals surface area contributed by atoms with Gasteiger partial charge in [-0.05, 0) is 37.1 Å². The van der Waals surface area contributed by atoms with E-state index >= 15 is 0 Å². The lowest BCUT2D eigenvalue weighted by Gasteiger charge is -2.28. The Morgan fingerprint density at radius 2 is 2.04 bits per heavy atom. The van der Waals surface area contributed by atoms with E-state index < -0.39 is 9.84 Å². The molecule has 23 heavy (non-hydrogen) atoms. The Labute approximate surface area is 137 Å². The van der Waals surface area contributed by atoms with Gasteiger partial charge in [-0.3, -0.25) is 0 Å². The van der Waals surface area contributed by atoms with E-state index in [9.17, 15) is 8.42 Å². The Kier molecular flexibility index (Phi) is 4.26. The van der Waals surface area contributed by atoms with Crippen LogP contribution in [0.5, 0.6) is 0 Å². The lowest BCUT2D eigenvalue weighted by Crippen LogP contribution is -2.37. The molecule has 5 nitrogen and oxygen atoms in total. The number of anilines is 2. The Hall–Kier alpha value is -2.08. The standard InChI is InChI=1S/C17H21N3O2S/c1-13(20-11-9-14-6-3-4-7-15(14)20)12-19-17-16(23(2,21)22)8-5-10-18-17/h3-8,10,13H,9,11-12H2,1-2H3,(H,18,19). The first-order valence-corrected chi connectivity index (χ1v) is 9.59. The largest absolute Gasteiger partial charge is 0.367 e. The van der Waals surface area contributed by atoms with E-state index in [0.29, 0.717) is 12.4 Å². The Morgan fingerprint density at radius 3 is 2.83 bits per heavy atom. The van der Waals surface area contributed by atoms with E-state index in [1.165, 1.54) is 17.5 Å². The van der Waals surface area contributed by atoms with Gasteiger partial charge in [-0.15, -0.1) is 0 Å². The number of aromatic nitrogens is 1. The second-order valence-electron chi connectivity index (χ2n) is 5.92. The zero-order valence-corrected chi connectivity index (χ0v) is 14.2. The summed E-state index contributed by atoms with van der Waals surface area (Å²) in [5.41, 5.74) is 2.64. The van der Waals surface area contributed by atoms with E-state index in [1.54, 1.807) is 18.3 Å². The summed E-state index contributed by atoms with van der Waals surface area (Å²) >= 11 is 0. The number of benzene rings is 1. The summed E-state index contributed by atoms with van der Waals surface area (Å²) in [4.78, 5) is 6.78. The molecule has 1 unspecified atom stereocenters. The monoisotopic (exact) mass is 331 g/mol. The summed E-state index contributed by atoms with van der Waals surface area (Å²) in [6.07, 6.45) is 3.86. The fraction of sp³-hybridized carbons (Fsp3) is 0.353. The van der Waals surface area contributed by atoms with Gasteiger partial charge < -0.3 is 10.2 Å². The van der Waals surface area contributed by atoms with Gasteiger partial charge in [0.2, 0.25) is 0 Å². The minimum Gasteiger partial charge on any atom is -0.367 e. The molecule has 3 rings (SSSR count). The maximum Gasteiger partial charge on any atom is 0.179 e. The average molecular weight is 331 g/mol. The van der Waals surface area contributed by atoms with Crippen LogP contribution < -0.4 is 10.2 Å². The van der Waals surface area contributed by atoms with Crippen molar-refractivity contribution in [2.24, 2.45) is 0 Å². The van der Waals surface area contributed by atoms with Gasteiger partial charge >= 0.3 is 0 Å². The molecule has 0 fully saturated rings. The number of para-hydroxylation sites is 1. The van der Waals surface area contributed by atoms with Crippen molar-refractivity contribution in [2.45, 2.75) is 24.3 Å². The minimum absolute atomic E-state index is 0.244. The molecule has 0 saturated heterocycles. The van der Waals surface area contributed by atoms with Gasteiger partial charge in [0, 0.05) is 37.3 Å². The summed E-state index contributed by atoms with van der Waals surface area (Å²) in [6, 6.07) is 11.9. The molecule has 2 aromatic rings. The van der Waals surface area contributed by atoms with E-state index in [0.717, 1.165) is 13.0 Å². The summed E-state index contributed by atoms with van der Waals surface area (Å²) in [5.74, 6) is 0.425. The highest BCUT2D eigenvalue weighted by molar-refractivity contribution is 7.90. The van der Waals surface area contributed by atoms with Crippen molar-refractivity contribution in [1.29, 1.82) is 0 Å². The predicted octanol–water partition coefficient (Wildman–Crippen LogP) is 2.35. The third kappa shape index (κ3) is 3.32. The minimum atomic E-state index is -3.29. The van der Waals surface area contributed by atoms with E-state index in [1.807, 2.05) is 0 Å². The normalized spacial score (nSPS) is 15.3. The number of nitrogens with one attached hydrogen (secondary N) is 1.